The van der Waals surface area contributed by atoms with Crippen LogP contribution in [0.25, 0.3) is 16.5 Å². The predicted octanol–water partition coefficient (Wildman–Crippen LogP) is 3.33. The Morgan fingerprint density at radius 2 is 1.69 bits per heavy atom. The Hall–Kier alpha value is -4.07. The maximum atomic E-state index is 13.7. The fraction of sp³-hybridized carbons (Fsp3) is 0.321. The number of carbonyl (C=O) groups is 3. The van der Waals surface area contributed by atoms with Crippen molar-refractivity contribution in [2.75, 3.05) is 38.0 Å². The van der Waals surface area contributed by atoms with Crippen LogP contribution in [-0.2, 0) is 16.0 Å². The Kier molecular flexibility index (Phi) is 5.51. The van der Waals surface area contributed by atoms with Gasteiger partial charge < -0.3 is 25.0 Å². The van der Waals surface area contributed by atoms with Crippen LogP contribution in [0.1, 0.15) is 18.1 Å². The van der Waals surface area contributed by atoms with Crippen molar-refractivity contribution in [1.29, 1.82) is 0 Å². The van der Waals surface area contributed by atoms with Gasteiger partial charge in [0.25, 0.3) is 0 Å². The number of fused-ring (bicyclic) bond motifs is 2. The van der Waals surface area contributed by atoms with Crippen molar-refractivity contribution in [2.24, 2.45) is 5.92 Å². The molecule has 8 nitrogen and oxygen atoms in total. The molecule has 4 amide bonds. The molecule has 6 rings (SSSR count). The van der Waals surface area contributed by atoms with E-state index in [9.17, 15) is 14.4 Å². The summed E-state index contributed by atoms with van der Waals surface area (Å²) in [4.78, 5) is 47.8. The van der Waals surface area contributed by atoms with E-state index in [2.05, 4.69) is 28.5 Å². The number of para-hydroxylation sites is 1. The van der Waals surface area contributed by atoms with Crippen molar-refractivity contribution in [3.63, 3.8) is 0 Å². The molecular weight excluding hydrogens is 454 g/mol. The molecule has 8 heteroatoms. The first-order valence-corrected chi connectivity index (χ1v) is 12.5. The first-order valence-electron chi connectivity index (χ1n) is 12.5. The number of hydrogen-bond acceptors (Lipinski definition) is 3. The number of H-pyrrole nitrogens is 1. The summed E-state index contributed by atoms with van der Waals surface area (Å²) >= 11 is 0. The van der Waals surface area contributed by atoms with E-state index >= 15 is 0 Å². The molecule has 3 heterocycles. The Morgan fingerprint density at radius 3 is 2.44 bits per heavy atom. The Morgan fingerprint density at radius 1 is 0.944 bits per heavy atom. The minimum atomic E-state index is -0.447. The third kappa shape index (κ3) is 3.82. The fourth-order valence-electron chi connectivity index (χ4n) is 5.81. The zero-order valence-corrected chi connectivity index (χ0v) is 20.2. The van der Waals surface area contributed by atoms with Crippen LogP contribution in [0, 0.1) is 5.92 Å². The molecule has 0 bridgehead atoms. The van der Waals surface area contributed by atoms with Gasteiger partial charge >= 0.3 is 6.03 Å². The number of amides is 4. The van der Waals surface area contributed by atoms with Gasteiger partial charge in [-0.25, -0.2) is 4.79 Å². The van der Waals surface area contributed by atoms with Crippen LogP contribution in [0.15, 0.2) is 60.8 Å². The lowest BCUT2D eigenvalue weighted by Gasteiger charge is -2.43. The number of anilines is 1. The molecule has 0 saturated carbocycles. The maximum Gasteiger partial charge on any atom is 0.322 e. The lowest BCUT2D eigenvalue weighted by Crippen LogP contribution is -2.55. The third-order valence-corrected chi connectivity index (χ3v) is 7.66. The molecule has 0 unspecified atom stereocenters. The number of benzene rings is 2. The van der Waals surface area contributed by atoms with E-state index in [1.54, 1.807) is 11.8 Å². The van der Waals surface area contributed by atoms with Crippen molar-refractivity contribution >= 4 is 40.0 Å². The highest BCUT2D eigenvalue weighted by molar-refractivity contribution is 6.01. The lowest BCUT2D eigenvalue weighted by atomic mass is 9.79. The number of aromatic nitrogens is 1. The number of carbonyl (C=O) groups excluding carboxylic acids is 3. The zero-order chi connectivity index (χ0) is 24.8. The molecule has 0 spiro atoms. The minimum Gasteiger partial charge on any atom is -0.361 e. The molecule has 1 aromatic heterocycles. The van der Waals surface area contributed by atoms with Gasteiger partial charge in [0.2, 0.25) is 11.8 Å². The van der Waals surface area contributed by atoms with Crippen LogP contribution in [0.4, 0.5) is 10.5 Å². The molecule has 1 fully saturated rings. The topological polar surface area (TPSA) is 88.8 Å². The van der Waals surface area contributed by atoms with Crippen LogP contribution in [0.2, 0.25) is 0 Å². The van der Waals surface area contributed by atoms with Crippen LogP contribution < -0.4 is 5.32 Å². The van der Waals surface area contributed by atoms with Crippen molar-refractivity contribution < 1.29 is 14.4 Å². The molecule has 3 aromatic rings. The van der Waals surface area contributed by atoms with Gasteiger partial charge in [-0.15, -0.1) is 0 Å². The molecule has 1 saturated heterocycles. The van der Waals surface area contributed by atoms with E-state index in [4.69, 9.17) is 0 Å². The second kappa shape index (κ2) is 8.86. The van der Waals surface area contributed by atoms with Crippen LogP contribution in [-0.4, -0.2) is 76.3 Å². The molecule has 2 aromatic carbocycles. The summed E-state index contributed by atoms with van der Waals surface area (Å²) in [6, 6.07) is 15.2. The number of hydrogen-bond donors (Lipinski definition) is 2. The van der Waals surface area contributed by atoms with E-state index < -0.39 is 5.92 Å². The normalized spacial score (nSPS) is 21.1. The number of aromatic amines is 1. The quantitative estimate of drug-likeness (QED) is 0.586. The number of urea groups is 1. The second-order valence-electron chi connectivity index (χ2n) is 9.77. The summed E-state index contributed by atoms with van der Waals surface area (Å²) in [6.45, 7) is 3.97. The monoisotopic (exact) mass is 483 g/mol. The SMILES string of the molecule is CC(=O)N1CCN(C(=O)[C@@H]2C=C3c4cccc5[nH]cc(c45)C[C@H]3N(C(=O)Nc3ccccc3)C2)CC1. The van der Waals surface area contributed by atoms with Crippen LogP contribution >= 0.6 is 0 Å². The average molecular weight is 484 g/mol. The van der Waals surface area contributed by atoms with E-state index in [0.717, 1.165) is 22.3 Å². The predicted molar refractivity (Wildman–Crippen MR) is 138 cm³/mol. The smallest absolute Gasteiger partial charge is 0.322 e. The Bertz CT molecular complexity index is 1370. The molecule has 0 radical (unpaired) electrons. The zero-order valence-electron chi connectivity index (χ0n) is 20.2. The van der Waals surface area contributed by atoms with E-state index in [0.29, 0.717) is 39.1 Å². The molecule has 1 aliphatic carbocycles. The Balaban J connectivity index is 1.34. The highest BCUT2D eigenvalue weighted by atomic mass is 16.2. The van der Waals surface area contributed by atoms with Gasteiger partial charge in [-0.05, 0) is 41.3 Å². The largest absolute Gasteiger partial charge is 0.361 e. The van der Waals surface area contributed by atoms with Gasteiger partial charge in [0, 0.05) is 62.4 Å². The van der Waals surface area contributed by atoms with Crippen molar-refractivity contribution in [2.45, 2.75) is 19.4 Å². The number of nitrogens with zero attached hydrogens (tertiary/aromatic N) is 3. The maximum absolute atomic E-state index is 13.7. The first-order chi connectivity index (χ1) is 17.5. The number of piperazine rings is 1. The lowest BCUT2D eigenvalue weighted by molar-refractivity contribution is -0.140. The van der Waals surface area contributed by atoms with E-state index in [1.165, 1.54) is 10.9 Å². The van der Waals surface area contributed by atoms with Crippen LogP contribution in [0.5, 0.6) is 0 Å². The highest BCUT2D eigenvalue weighted by Gasteiger charge is 2.41. The molecule has 3 aliphatic rings. The van der Waals surface area contributed by atoms with Crippen LogP contribution in [0.3, 0.4) is 0 Å². The van der Waals surface area contributed by atoms with Gasteiger partial charge in [0.15, 0.2) is 0 Å². The molecule has 2 atom stereocenters. The van der Waals surface area contributed by atoms with Gasteiger partial charge in [-0.1, -0.05) is 36.4 Å². The summed E-state index contributed by atoms with van der Waals surface area (Å²) in [6.07, 6.45) is 4.81. The number of nitrogens with one attached hydrogen (secondary N) is 2. The first kappa shape index (κ1) is 22.4. The summed E-state index contributed by atoms with van der Waals surface area (Å²) < 4.78 is 0. The highest BCUT2D eigenvalue weighted by Crippen LogP contribution is 2.41. The second-order valence-corrected chi connectivity index (χ2v) is 9.77. The molecule has 184 valence electrons. The van der Waals surface area contributed by atoms with E-state index in [1.807, 2.05) is 52.4 Å². The average Bonchev–Trinajstić information content (AvgIpc) is 3.32. The molecule has 2 aliphatic heterocycles. The molecule has 2 N–H and O–H groups in total. The molecular formula is C28H29N5O3. The summed E-state index contributed by atoms with van der Waals surface area (Å²) in [5.74, 6) is -0.405. The Labute approximate surface area is 209 Å². The van der Waals surface area contributed by atoms with Crippen molar-refractivity contribution in [3.05, 3.63) is 71.9 Å². The fourth-order valence-corrected chi connectivity index (χ4v) is 5.81. The van der Waals surface area contributed by atoms with Crippen molar-refractivity contribution in [1.82, 2.24) is 19.7 Å². The van der Waals surface area contributed by atoms with Gasteiger partial charge in [0.05, 0.1) is 12.0 Å². The third-order valence-electron chi connectivity index (χ3n) is 7.66. The van der Waals surface area contributed by atoms with Crippen molar-refractivity contribution in [3.8, 4) is 0 Å². The number of rotatable bonds is 2. The molecule has 36 heavy (non-hydrogen) atoms. The van der Waals surface area contributed by atoms with Gasteiger partial charge in [-0.2, -0.15) is 0 Å². The van der Waals surface area contributed by atoms with Gasteiger partial charge in [-0.3, -0.25) is 9.59 Å². The van der Waals surface area contributed by atoms with Gasteiger partial charge in [0.1, 0.15) is 0 Å². The summed E-state index contributed by atoms with van der Waals surface area (Å²) in [7, 11) is 0. The summed E-state index contributed by atoms with van der Waals surface area (Å²) in [5, 5.41) is 4.20. The van der Waals surface area contributed by atoms with E-state index in [-0.39, 0.29) is 23.9 Å². The minimum absolute atomic E-state index is 0.00806. The standard InChI is InChI=1S/C28H29N5O3/c1-18(34)31-10-12-32(13-11-31)27(35)20-14-23-22-8-5-9-24-26(22)19(16-29-24)15-25(23)33(17-20)28(36)30-21-6-3-2-4-7-21/h2-9,14,16,20,25,29H,10-13,15,17H2,1H3,(H,30,36)/t20-,25-/m1/s1. The summed E-state index contributed by atoms with van der Waals surface area (Å²) in [5.41, 5.74) is 5.09.